The fourth-order valence-corrected chi connectivity index (χ4v) is 1.33. The second-order valence-corrected chi connectivity index (χ2v) is 2.88. The second-order valence-electron chi connectivity index (χ2n) is 2.88. The van der Waals surface area contributed by atoms with Crippen LogP contribution in [-0.2, 0) is 19.0 Å². The predicted octanol–water partition coefficient (Wildman–Crippen LogP) is 0.949. The molecule has 4 nitrogen and oxygen atoms in total. The molecule has 0 bridgehead atoms. The minimum Gasteiger partial charge on any atom is -0.466 e. The summed E-state index contributed by atoms with van der Waals surface area (Å²) in [4.78, 5) is 11.4. The summed E-state index contributed by atoms with van der Waals surface area (Å²) in [6.07, 6.45) is 0.285. The number of ether oxygens (including phenoxy) is 3. The van der Waals surface area contributed by atoms with Gasteiger partial charge in [-0.25, -0.2) is 0 Å². The van der Waals surface area contributed by atoms with E-state index in [4.69, 9.17) is 14.2 Å². The van der Waals surface area contributed by atoms with Crippen LogP contribution in [-0.4, -0.2) is 32.1 Å². The Labute approximate surface area is 78.2 Å². The van der Waals surface area contributed by atoms with Crippen LogP contribution in [0.15, 0.2) is 0 Å². The number of esters is 1. The molecule has 1 unspecified atom stereocenters. The Bertz CT molecular complexity index is 163. The van der Waals surface area contributed by atoms with Crippen LogP contribution in [0.25, 0.3) is 0 Å². The number of rotatable bonds is 4. The first-order valence-electron chi connectivity index (χ1n) is 4.69. The van der Waals surface area contributed by atoms with Gasteiger partial charge >= 0.3 is 5.97 Å². The first-order chi connectivity index (χ1) is 6.29. The quantitative estimate of drug-likeness (QED) is 0.616. The summed E-state index contributed by atoms with van der Waals surface area (Å²) >= 11 is 0. The van der Waals surface area contributed by atoms with Crippen molar-refractivity contribution >= 4 is 5.97 Å². The molecule has 4 heteroatoms. The Morgan fingerprint density at radius 3 is 2.54 bits per heavy atom. The second kappa shape index (κ2) is 5.19. The summed E-state index contributed by atoms with van der Waals surface area (Å²) < 4.78 is 15.4. The summed E-state index contributed by atoms with van der Waals surface area (Å²) in [5.74, 6) is -0.501. The van der Waals surface area contributed by atoms with Crippen LogP contribution < -0.4 is 0 Å². The zero-order valence-corrected chi connectivity index (χ0v) is 8.12. The number of hydrogen-bond donors (Lipinski definition) is 0. The molecule has 1 aliphatic heterocycles. The van der Waals surface area contributed by atoms with Crippen LogP contribution in [0.1, 0.15) is 20.3 Å². The molecule has 0 saturated carbocycles. The van der Waals surface area contributed by atoms with Gasteiger partial charge in [-0.05, 0) is 13.3 Å². The monoisotopic (exact) mass is 188 g/mol. The largest absolute Gasteiger partial charge is 0.466 e. The van der Waals surface area contributed by atoms with Crippen LogP contribution in [0.3, 0.4) is 0 Å². The molecule has 1 aliphatic rings. The van der Waals surface area contributed by atoms with Crippen molar-refractivity contribution in [2.75, 3.05) is 19.8 Å². The fraction of sp³-hybridized carbons (Fsp3) is 0.889. The molecule has 0 aromatic heterocycles. The number of carbonyl (C=O) groups is 1. The lowest BCUT2D eigenvalue weighted by Gasteiger charge is -2.18. The molecule has 0 amide bonds. The maximum absolute atomic E-state index is 11.4. The van der Waals surface area contributed by atoms with Crippen LogP contribution >= 0.6 is 0 Å². The third-order valence-electron chi connectivity index (χ3n) is 2.01. The molecular weight excluding hydrogens is 172 g/mol. The van der Waals surface area contributed by atoms with Gasteiger partial charge in [0.2, 0.25) is 0 Å². The molecule has 0 N–H and O–H groups in total. The summed E-state index contributed by atoms with van der Waals surface area (Å²) in [7, 11) is 0. The molecule has 76 valence electrons. The minimum absolute atomic E-state index is 0.225. The maximum atomic E-state index is 11.4. The van der Waals surface area contributed by atoms with Crippen molar-refractivity contribution in [1.82, 2.24) is 0 Å². The molecule has 1 atom stereocenters. The highest BCUT2D eigenvalue weighted by atomic mass is 16.7. The topological polar surface area (TPSA) is 44.8 Å². The van der Waals surface area contributed by atoms with E-state index in [0.29, 0.717) is 26.2 Å². The van der Waals surface area contributed by atoms with Gasteiger partial charge in [-0.1, -0.05) is 6.92 Å². The highest BCUT2D eigenvalue weighted by molar-refractivity contribution is 5.72. The highest BCUT2D eigenvalue weighted by Crippen LogP contribution is 2.19. The van der Waals surface area contributed by atoms with Gasteiger partial charge in [-0.2, -0.15) is 0 Å². The normalized spacial score (nSPS) is 20.2. The lowest BCUT2D eigenvalue weighted by Crippen LogP contribution is -2.30. The van der Waals surface area contributed by atoms with Gasteiger partial charge in [0.15, 0.2) is 6.29 Å². The van der Waals surface area contributed by atoms with Crippen molar-refractivity contribution in [3.05, 3.63) is 0 Å². The van der Waals surface area contributed by atoms with Crippen molar-refractivity contribution in [3.8, 4) is 0 Å². The Morgan fingerprint density at radius 2 is 2.08 bits per heavy atom. The molecule has 1 fully saturated rings. The molecule has 13 heavy (non-hydrogen) atoms. The van der Waals surface area contributed by atoms with E-state index in [9.17, 15) is 4.79 Å². The summed E-state index contributed by atoms with van der Waals surface area (Å²) in [5.41, 5.74) is 0. The molecule has 0 aromatic rings. The molecule has 1 rings (SSSR count). The van der Waals surface area contributed by atoms with Gasteiger partial charge in [0.05, 0.1) is 19.8 Å². The van der Waals surface area contributed by atoms with Crippen molar-refractivity contribution in [1.29, 1.82) is 0 Å². The van der Waals surface area contributed by atoms with E-state index in [-0.39, 0.29) is 11.9 Å². The standard InChI is InChI=1S/C9H16O4/c1-3-7(8(10)11-4-2)9-12-5-6-13-9/h7,9H,3-6H2,1-2H3. The average Bonchev–Trinajstić information content (AvgIpc) is 2.59. The maximum Gasteiger partial charge on any atom is 0.314 e. The van der Waals surface area contributed by atoms with Crippen LogP contribution in [0.2, 0.25) is 0 Å². The van der Waals surface area contributed by atoms with E-state index >= 15 is 0 Å². The first kappa shape index (κ1) is 10.5. The highest BCUT2D eigenvalue weighted by Gasteiger charge is 2.32. The van der Waals surface area contributed by atoms with Crippen LogP contribution in [0, 0.1) is 5.92 Å². The van der Waals surface area contributed by atoms with Crippen molar-refractivity contribution in [2.24, 2.45) is 5.92 Å². The number of hydrogen-bond acceptors (Lipinski definition) is 4. The van der Waals surface area contributed by atoms with E-state index in [1.807, 2.05) is 6.92 Å². The van der Waals surface area contributed by atoms with E-state index < -0.39 is 6.29 Å². The Balaban J connectivity index is 2.44. The van der Waals surface area contributed by atoms with E-state index in [0.717, 1.165) is 0 Å². The SMILES string of the molecule is CCOC(=O)C(CC)C1OCCO1. The van der Waals surface area contributed by atoms with Crippen LogP contribution in [0.4, 0.5) is 0 Å². The van der Waals surface area contributed by atoms with Gasteiger partial charge in [-0.3, -0.25) is 4.79 Å². The Hall–Kier alpha value is -0.610. The lowest BCUT2D eigenvalue weighted by molar-refractivity contribution is -0.164. The summed E-state index contributed by atoms with van der Waals surface area (Å²) in [6.45, 7) is 5.26. The minimum atomic E-state index is -0.399. The average molecular weight is 188 g/mol. The van der Waals surface area contributed by atoms with Gasteiger partial charge in [0, 0.05) is 0 Å². The van der Waals surface area contributed by atoms with E-state index in [1.165, 1.54) is 0 Å². The molecule has 0 spiro atoms. The van der Waals surface area contributed by atoms with Gasteiger partial charge in [0.25, 0.3) is 0 Å². The van der Waals surface area contributed by atoms with E-state index in [1.54, 1.807) is 6.92 Å². The molecular formula is C9H16O4. The molecule has 0 aliphatic carbocycles. The Kier molecular flexibility index (Phi) is 4.18. The molecule has 1 saturated heterocycles. The predicted molar refractivity (Wildman–Crippen MR) is 46.1 cm³/mol. The number of carbonyl (C=O) groups excluding carboxylic acids is 1. The smallest absolute Gasteiger partial charge is 0.314 e. The van der Waals surface area contributed by atoms with Gasteiger partial charge < -0.3 is 14.2 Å². The molecule has 1 heterocycles. The third kappa shape index (κ3) is 2.67. The molecule has 0 radical (unpaired) electrons. The Morgan fingerprint density at radius 1 is 1.46 bits per heavy atom. The zero-order valence-electron chi connectivity index (χ0n) is 8.12. The summed E-state index contributed by atoms with van der Waals surface area (Å²) in [5, 5.41) is 0. The van der Waals surface area contributed by atoms with Crippen LogP contribution in [0.5, 0.6) is 0 Å². The first-order valence-corrected chi connectivity index (χ1v) is 4.69. The lowest BCUT2D eigenvalue weighted by atomic mass is 10.1. The zero-order chi connectivity index (χ0) is 9.68. The van der Waals surface area contributed by atoms with E-state index in [2.05, 4.69) is 0 Å². The van der Waals surface area contributed by atoms with Crippen molar-refractivity contribution < 1.29 is 19.0 Å². The van der Waals surface area contributed by atoms with Gasteiger partial charge in [0.1, 0.15) is 5.92 Å². The third-order valence-corrected chi connectivity index (χ3v) is 2.01. The van der Waals surface area contributed by atoms with Gasteiger partial charge in [-0.15, -0.1) is 0 Å². The van der Waals surface area contributed by atoms with Crippen molar-refractivity contribution in [2.45, 2.75) is 26.6 Å². The van der Waals surface area contributed by atoms with Crippen molar-refractivity contribution in [3.63, 3.8) is 0 Å². The summed E-state index contributed by atoms with van der Waals surface area (Å²) in [6, 6.07) is 0. The molecule has 0 aromatic carbocycles. The fourth-order valence-electron chi connectivity index (χ4n) is 1.33.